The van der Waals surface area contributed by atoms with Crippen LogP contribution >= 0.6 is 0 Å². The van der Waals surface area contributed by atoms with Crippen LogP contribution in [0, 0.1) is 5.41 Å². The number of aliphatic hydroxyl groups is 1. The lowest BCUT2D eigenvalue weighted by Gasteiger charge is -2.39. The number of hydrogen-bond acceptors (Lipinski definition) is 5. The number of hydrogen-bond donors (Lipinski definition) is 1. The Kier molecular flexibility index (Phi) is 6.82. The number of piperidine rings is 1. The smallest absolute Gasteiger partial charge is 0.260 e. The molecule has 1 aromatic rings. The Labute approximate surface area is 204 Å². The Bertz CT molecular complexity index is 878. The van der Waals surface area contributed by atoms with Crippen molar-refractivity contribution < 1.29 is 24.1 Å². The number of para-hydroxylation sites is 1. The van der Waals surface area contributed by atoms with Gasteiger partial charge < -0.3 is 24.2 Å². The molecule has 3 aliphatic heterocycles. The van der Waals surface area contributed by atoms with E-state index in [1.54, 1.807) is 0 Å². The van der Waals surface area contributed by atoms with Gasteiger partial charge in [0.1, 0.15) is 5.75 Å². The molecule has 1 amide bonds. The summed E-state index contributed by atoms with van der Waals surface area (Å²) in [5.41, 5.74) is -0.00252. The highest BCUT2D eigenvalue weighted by Gasteiger charge is 2.53. The second kappa shape index (κ2) is 9.11. The molecular weight excluding hydrogens is 430 g/mol. The normalized spacial score (nSPS) is 29.6. The van der Waals surface area contributed by atoms with Crippen molar-refractivity contribution in [1.82, 2.24) is 4.90 Å². The number of amides is 1. The Morgan fingerprint density at radius 1 is 1.15 bits per heavy atom. The number of benzene rings is 1. The van der Waals surface area contributed by atoms with Crippen molar-refractivity contribution in [2.24, 2.45) is 5.41 Å². The quantitative estimate of drug-likeness (QED) is 0.683. The molecule has 3 atom stereocenters. The summed E-state index contributed by atoms with van der Waals surface area (Å²) >= 11 is 0. The van der Waals surface area contributed by atoms with E-state index in [-0.39, 0.29) is 41.2 Å². The first kappa shape index (κ1) is 25.5. The van der Waals surface area contributed by atoms with Crippen molar-refractivity contribution in [3.05, 3.63) is 29.8 Å². The van der Waals surface area contributed by atoms with Crippen molar-refractivity contribution in [3.63, 3.8) is 0 Å². The fourth-order valence-electron chi connectivity index (χ4n) is 5.80. The van der Waals surface area contributed by atoms with Gasteiger partial charge >= 0.3 is 0 Å². The number of rotatable bonds is 5. The number of ether oxygens (including phenoxy) is 3. The van der Waals surface area contributed by atoms with Crippen LogP contribution in [0.2, 0.25) is 0 Å². The van der Waals surface area contributed by atoms with Crippen LogP contribution in [0.15, 0.2) is 24.3 Å². The molecule has 34 heavy (non-hydrogen) atoms. The standard InChI is InChI=1S/C28H43NO5/c1-25(2,3)20-9-7-8-10-21(20)32-18-24(30)29-15-13-28(14-16-29)17-23(33-19-28)27(6)12-11-22(34-27)26(4,5)31/h7-10,22-23,31H,11-19H2,1-6H3/t22-,23-,27+/m0/s1. The summed E-state index contributed by atoms with van der Waals surface area (Å²) in [4.78, 5) is 14.9. The Morgan fingerprint density at radius 2 is 1.82 bits per heavy atom. The maximum Gasteiger partial charge on any atom is 0.260 e. The largest absolute Gasteiger partial charge is 0.483 e. The van der Waals surface area contributed by atoms with Gasteiger partial charge in [-0.1, -0.05) is 39.0 Å². The number of likely N-dealkylation sites (tertiary alicyclic amines) is 1. The predicted molar refractivity (Wildman–Crippen MR) is 132 cm³/mol. The average molecular weight is 474 g/mol. The molecule has 0 aromatic heterocycles. The van der Waals surface area contributed by atoms with Gasteiger partial charge in [-0.05, 0) is 75.3 Å². The van der Waals surface area contributed by atoms with E-state index in [1.165, 1.54) is 0 Å². The molecule has 3 fully saturated rings. The minimum absolute atomic E-state index is 0.0389. The van der Waals surface area contributed by atoms with Gasteiger partial charge in [0.25, 0.3) is 5.91 Å². The monoisotopic (exact) mass is 473 g/mol. The van der Waals surface area contributed by atoms with Gasteiger partial charge in [0.2, 0.25) is 0 Å². The first-order chi connectivity index (χ1) is 15.8. The van der Waals surface area contributed by atoms with E-state index in [2.05, 4.69) is 33.8 Å². The van der Waals surface area contributed by atoms with Crippen LogP contribution in [-0.2, 0) is 19.7 Å². The van der Waals surface area contributed by atoms with Crippen LogP contribution in [0.1, 0.15) is 79.2 Å². The predicted octanol–water partition coefficient (Wildman–Crippen LogP) is 4.47. The molecule has 3 saturated heterocycles. The van der Waals surface area contributed by atoms with Gasteiger partial charge in [-0.25, -0.2) is 0 Å². The topological polar surface area (TPSA) is 68.2 Å². The van der Waals surface area contributed by atoms with Crippen molar-refractivity contribution in [3.8, 4) is 5.75 Å². The van der Waals surface area contributed by atoms with Crippen molar-refractivity contribution in [2.75, 3.05) is 26.3 Å². The van der Waals surface area contributed by atoms with Gasteiger partial charge in [-0.3, -0.25) is 4.79 Å². The maximum absolute atomic E-state index is 12.9. The second-order valence-corrected chi connectivity index (χ2v) is 12.5. The summed E-state index contributed by atoms with van der Waals surface area (Å²) < 4.78 is 18.6. The summed E-state index contributed by atoms with van der Waals surface area (Å²) in [5.74, 6) is 0.839. The van der Waals surface area contributed by atoms with E-state index >= 15 is 0 Å². The lowest BCUT2D eigenvalue weighted by molar-refractivity contribution is -0.155. The lowest BCUT2D eigenvalue weighted by atomic mass is 9.74. The third kappa shape index (κ3) is 5.29. The van der Waals surface area contributed by atoms with Crippen LogP contribution in [0.4, 0.5) is 0 Å². The Morgan fingerprint density at radius 3 is 2.44 bits per heavy atom. The van der Waals surface area contributed by atoms with Crippen LogP contribution < -0.4 is 4.74 Å². The number of carbonyl (C=O) groups is 1. The molecule has 0 saturated carbocycles. The molecule has 0 bridgehead atoms. The van der Waals surface area contributed by atoms with Crippen LogP contribution in [0.3, 0.4) is 0 Å². The highest BCUT2D eigenvalue weighted by atomic mass is 16.6. The first-order valence-corrected chi connectivity index (χ1v) is 12.8. The second-order valence-electron chi connectivity index (χ2n) is 12.5. The molecule has 4 rings (SSSR count). The first-order valence-electron chi connectivity index (χ1n) is 12.8. The highest BCUT2D eigenvalue weighted by Crippen LogP contribution is 2.49. The van der Waals surface area contributed by atoms with Gasteiger partial charge in [0, 0.05) is 13.1 Å². The van der Waals surface area contributed by atoms with Gasteiger partial charge in [0.05, 0.1) is 30.0 Å². The molecule has 0 aliphatic carbocycles. The molecule has 1 spiro atoms. The molecule has 1 aromatic carbocycles. The third-order valence-electron chi connectivity index (χ3n) is 8.22. The van der Waals surface area contributed by atoms with E-state index < -0.39 is 5.60 Å². The van der Waals surface area contributed by atoms with Crippen LogP contribution in [0.25, 0.3) is 0 Å². The van der Waals surface area contributed by atoms with Gasteiger partial charge in [0.15, 0.2) is 6.61 Å². The molecule has 3 heterocycles. The molecule has 3 aliphatic rings. The SMILES string of the molecule is CC(C)(C)c1ccccc1OCC(=O)N1CCC2(CC1)CO[C@H]([C@@]1(C)CC[C@@H](C(C)(C)O)O1)C2. The van der Waals surface area contributed by atoms with Crippen molar-refractivity contribution >= 4 is 5.91 Å². The molecule has 6 nitrogen and oxygen atoms in total. The number of nitrogens with zero attached hydrogens (tertiary/aromatic N) is 1. The van der Waals surface area contributed by atoms with Gasteiger partial charge in [-0.2, -0.15) is 0 Å². The fraction of sp³-hybridized carbons (Fsp3) is 0.750. The van der Waals surface area contributed by atoms with E-state index in [9.17, 15) is 9.90 Å². The molecule has 0 radical (unpaired) electrons. The van der Waals surface area contributed by atoms with Crippen molar-refractivity contribution in [2.45, 2.75) is 102 Å². The average Bonchev–Trinajstić information content (AvgIpc) is 3.37. The Hall–Kier alpha value is -1.63. The molecular formula is C28H43NO5. The molecule has 190 valence electrons. The summed E-state index contributed by atoms with van der Waals surface area (Å²) in [5, 5.41) is 10.4. The van der Waals surface area contributed by atoms with Gasteiger partial charge in [-0.15, -0.1) is 0 Å². The van der Waals surface area contributed by atoms with E-state index in [0.29, 0.717) is 0 Å². The fourth-order valence-corrected chi connectivity index (χ4v) is 5.80. The zero-order chi connectivity index (χ0) is 24.8. The molecule has 0 unspecified atom stereocenters. The van der Waals surface area contributed by atoms with E-state index in [1.807, 2.05) is 36.9 Å². The Balaban J connectivity index is 1.29. The van der Waals surface area contributed by atoms with Crippen LogP contribution in [0.5, 0.6) is 5.75 Å². The molecule has 6 heteroatoms. The zero-order valence-electron chi connectivity index (χ0n) is 21.9. The minimum atomic E-state index is -0.838. The third-order valence-corrected chi connectivity index (χ3v) is 8.22. The lowest BCUT2D eigenvalue weighted by Crippen LogP contribution is -2.46. The maximum atomic E-state index is 12.9. The summed E-state index contributed by atoms with van der Waals surface area (Å²) in [6, 6.07) is 7.98. The summed E-state index contributed by atoms with van der Waals surface area (Å²) in [7, 11) is 0. The number of carbonyl (C=O) groups excluding carboxylic acids is 1. The van der Waals surface area contributed by atoms with Crippen molar-refractivity contribution in [1.29, 1.82) is 0 Å². The van der Waals surface area contributed by atoms with E-state index in [4.69, 9.17) is 14.2 Å². The van der Waals surface area contributed by atoms with E-state index in [0.717, 1.165) is 63.1 Å². The molecule has 1 N–H and O–H groups in total. The van der Waals surface area contributed by atoms with Crippen LogP contribution in [-0.4, -0.2) is 65.6 Å². The summed E-state index contributed by atoms with van der Waals surface area (Å²) in [6.07, 6.45) is 4.49. The zero-order valence-corrected chi connectivity index (χ0v) is 21.9. The summed E-state index contributed by atoms with van der Waals surface area (Å²) in [6.45, 7) is 14.5. The minimum Gasteiger partial charge on any atom is -0.483 e. The highest BCUT2D eigenvalue weighted by molar-refractivity contribution is 5.78.